The topological polar surface area (TPSA) is 43.1 Å². The van der Waals surface area contributed by atoms with Gasteiger partial charge in [0.15, 0.2) is 5.78 Å². The zero-order valence-corrected chi connectivity index (χ0v) is 10.6. The standard InChI is InChI=1S/C13H13NO2S/c1-9-6-12(14-16-9)8-17-13-5-3-4-11(7-13)10(2)15/h3-7H,8H2,1-2H3. The second kappa shape index (κ2) is 5.19. The number of benzene rings is 1. The Morgan fingerprint density at radius 1 is 1.41 bits per heavy atom. The van der Waals surface area contributed by atoms with Crippen molar-refractivity contribution in [3.05, 3.63) is 47.3 Å². The van der Waals surface area contributed by atoms with Crippen LogP contribution in [0.5, 0.6) is 0 Å². The summed E-state index contributed by atoms with van der Waals surface area (Å²) in [5, 5.41) is 3.93. The molecule has 0 aliphatic rings. The molecule has 1 heterocycles. The fourth-order valence-corrected chi connectivity index (χ4v) is 2.28. The van der Waals surface area contributed by atoms with Crippen LogP contribution >= 0.6 is 11.8 Å². The Labute approximate surface area is 104 Å². The van der Waals surface area contributed by atoms with Crippen molar-refractivity contribution >= 4 is 17.5 Å². The molecule has 0 saturated carbocycles. The third kappa shape index (κ3) is 3.20. The van der Waals surface area contributed by atoms with E-state index in [2.05, 4.69) is 5.16 Å². The second-order valence-electron chi connectivity index (χ2n) is 3.80. The quantitative estimate of drug-likeness (QED) is 0.613. The molecule has 0 saturated heterocycles. The number of carbonyl (C=O) groups is 1. The summed E-state index contributed by atoms with van der Waals surface area (Å²) in [6, 6.07) is 9.53. The molecule has 2 rings (SSSR count). The Hall–Kier alpha value is -1.55. The molecular formula is C13H13NO2S. The van der Waals surface area contributed by atoms with E-state index in [4.69, 9.17) is 4.52 Å². The zero-order valence-electron chi connectivity index (χ0n) is 9.77. The van der Waals surface area contributed by atoms with Gasteiger partial charge >= 0.3 is 0 Å². The highest BCUT2D eigenvalue weighted by Crippen LogP contribution is 2.23. The lowest BCUT2D eigenvalue weighted by atomic mass is 10.2. The molecule has 0 spiro atoms. The Bertz CT molecular complexity index is 534. The molecule has 0 amide bonds. The van der Waals surface area contributed by atoms with Crippen LogP contribution in [0.15, 0.2) is 39.8 Å². The summed E-state index contributed by atoms with van der Waals surface area (Å²) >= 11 is 1.64. The third-order valence-corrected chi connectivity index (χ3v) is 3.33. The third-order valence-electron chi connectivity index (χ3n) is 2.30. The van der Waals surface area contributed by atoms with E-state index in [-0.39, 0.29) is 5.78 Å². The van der Waals surface area contributed by atoms with Gasteiger partial charge in [-0.15, -0.1) is 11.8 Å². The average molecular weight is 247 g/mol. The molecule has 1 aromatic heterocycles. The lowest BCUT2D eigenvalue weighted by Gasteiger charge is -2.01. The largest absolute Gasteiger partial charge is 0.361 e. The van der Waals surface area contributed by atoms with Crippen molar-refractivity contribution in [1.82, 2.24) is 5.16 Å². The molecule has 17 heavy (non-hydrogen) atoms. The van der Waals surface area contributed by atoms with Gasteiger partial charge in [0.05, 0.1) is 5.69 Å². The number of Topliss-reactive ketones (excluding diaryl/α,β-unsaturated/α-hetero) is 1. The van der Waals surface area contributed by atoms with Gasteiger partial charge in [0, 0.05) is 22.3 Å². The lowest BCUT2D eigenvalue weighted by molar-refractivity contribution is 0.101. The van der Waals surface area contributed by atoms with E-state index in [1.165, 1.54) is 0 Å². The van der Waals surface area contributed by atoms with Gasteiger partial charge in [-0.2, -0.15) is 0 Å². The number of aromatic nitrogens is 1. The summed E-state index contributed by atoms with van der Waals surface area (Å²) in [5.74, 6) is 1.65. The number of ketones is 1. The van der Waals surface area contributed by atoms with Crippen molar-refractivity contribution in [3.8, 4) is 0 Å². The maximum atomic E-state index is 11.2. The first-order valence-corrected chi connectivity index (χ1v) is 6.30. The molecule has 0 unspecified atom stereocenters. The van der Waals surface area contributed by atoms with Crippen molar-refractivity contribution in [2.45, 2.75) is 24.5 Å². The van der Waals surface area contributed by atoms with E-state index in [0.717, 1.165) is 27.7 Å². The Morgan fingerprint density at radius 3 is 2.88 bits per heavy atom. The molecular weight excluding hydrogens is 234 g/mol. The van der Waals surface area contributed by atoms with E-state index in [9.17, 15) is 4.79 Å². The summed E-state index contributed by atoms with van der Waals surface area (Å²) in [5.41, 5.74) is 1.66. The number of hydrogen-bond acceptors (Lipinski definition) is 4. The van der Waals surface area contributed by atoms with Crippen molar-refractivity contribution in [2.24, 2.45) is 0 Å². The van der Waals surface area contributed by atoms with Gasteiger partial charge in [0.2, 0.25) is 0 Å². The number of aryl methyl sites for hydroxylation is 1. The molecule has 0 aliphatic carbocycles. The van der Waals surface area contributed by atoms with Gasteiger partial charge < -0.3 is 4.52 Å². The first kappa shape index (κ1) is 11.9. The van der Waals surface area contributed by atoms with Crippen LogP contribution in [0.1, 0.15) is 28.7 Å². The summed E-state index contributed by atoms with van der Waals surface area (Å²) in [6.45, 7) is 3.45. The minimum absolute atomic E-state index is 0.0877. The van der Waals surface area contributed by atoms with Gasteiger partial charge in [0.25, 0.3) is 0 Å². The van der Waals surface area contributed by atoms with E-state index in [1.807, 2.05) is 37.3 Å². The molecule has 0 fully saturated rings. The van der Waals surface area contributed by atoms with Crippen LogP contribution in [0.2, 0.25) is 0 Å². The van der Waals surface area contributed by atoms with Gasteiger partial charge in [-0.05, 0) is 26.0 Å². The predicted molar refractivity (Wildman–Crippen MR) is 67.2 cm³/mol. The van der Waals surface area contributed by atoms with Crippen LogP contribution in [-0.2, 0) is 5.75 Å². The first-order valence-electron chi connectivity index (χ1n) is 5.31. The number of carbonyl (C=O) groups excluding carboxylic acids is 1. The fraction of sp³-hybridized carbons (Fsp3) is 0.231. The van der Waals surface area contributed by atoms with Crippen LogP contribution in [-0.4, -0.2) is 10.9 Å². The van der Waals surface area contributed by atoms with Gasteiger partial charge in [0.1, 0.15) is 5.76 Å². The average Bonchev–Trinajstić information content (AvgIpc) is 2.73. The highest BCUT2D eigenvalue weighted by molar-refractivity contribution is 7.98. The Morgan fingerprint density at radius 2 is 2.24 bits per heavy atom. The molecule has 1 aromatic carbocycles. The molecule has 88 valence electrons. The number of nitrogens with zero attached hydrogens (tertiary/aromatic N) is 1. The van der Waals surface area contributed by atoms with Gasteiger partial charge in [-0.25, -0.2) is 0 Å². The normalized spacial score (nSPS) is 10.5. The maximum absolute atomic E-state index is 11.2. The van der Waals surface area contributed by atoms with E-state index in [0.29, 0.717) is 0 Å². The molecule has 0 aliphatic heterocycles. The maximum Gasteiger partial charge on any atom is 0.159 e. The SMILES string of the molecule is CC(=O)c1cccc(SCc2cc(C)on2)c1. The molecule has 2 aromatic rings. The number of rotatable bonds is 4. The van der Waals surface area contributed by atoms with Crippen molar-refractivity contribution in [1.29, 1.82) is 0 Å². The van der Waals surface area contributed by atoms with E-state index < -0.39 is 0 Å². The van der Waals surface area contributed by atoms with Crippen molar-refractivity contribution in [2.75, 3.05) is 0 Å². The van der Waals surface area contributed by atoms with Gasteiger partial charge in [-0.1, -0.05) is 17.3 Å². The molecule has 3 nitrogen and oxygen atoms in total. The monoisotopic (exact) mass is 247 g/mol. The van der Waals surface area contributed by atoms with Crippen molar-refractivity contribution < 1.29 is 9.32 Å². The summed E-state index contributed by atoms with van der Waals surface area (Å²) < 4.78 is 5.00. The summed E-state index contributed by atoms with van der Waals surface area (Å²) in [4.78, 5) is 12.3. The number of hydrogen-bond donors (Lipinski definition) is 0. The van der Waals surface area contributed by atoms with Crippen LogP contribution < -0.4 is 0 Å². The van der Waals surface area contributed by atoms with E-state index >= 15 is 0 Å². The number of thioether (sulfide) groups is 1. The summed E-state index contributed by atoms with van der Waals surface area (Å²) in [6.07, 6.45) is 0. The van der Waals surface area contributed by atoms with E-state index in [1.54, 1.807) is 18.7 Å². The highest BCUT2D eigenvalue weighted by atomic mass is 32.2. The summed E-state index contributed by atoms with van der Waals surface area (Å²) in [7, 11) is 0. The molecule has 4 heteroatoms. The minimum Gasteiger partial charge on any atom is -0.361 e. The predicted octanol–water partition coefficient (Wildman–Crippen LogP) is 3.48. The fourth-order valence-electron chi connectivity index (χ4n) is 1.45. The van der Waals surface area contributed by atoms with Crippen molar-refractivity contribution in [3.63, 3.8) is 0 Å². The minimum atomic E-state index is 0.0877. The Balaban J connectivity index is 2.04. The van der Waals surface area contributed by atoms with Crippen LogP contribution in [0.25, 0.3) is 0 Å². The molecule has 0 bridgehead atoms. The lowest BCUT2D eigenvalue weighted by Crippen LogP contribution is -1.91. The molecule has 0 radical (unpaired) electrons. The second-order valence-corrected chi connectivity index (χ2v) is 4.85. The molecule has 0 N–H and O–H groups in total. The Kier molecular flexibility index (Phi) is 3.64. The van der Waals surface area contributed by atoms with Gasteiger partial charge in [-0.3, -0.25) is 4.79 Å². The highest BCUT2D eigenvalue weighted by Gasteiger charge is 2.04. The molecule has 0 atom stereocenters. The zero-order chi connectivity index (χ0) is 12.3. The van der Waals surface area contributed by atoms with Crippen LogP contribution in [0.4, 0.5) is 0 Å². The van der Waals surface area contributed by atoms with Crippen LogP contribution in [0, 0.1) is 6.92 Å². The first-order chi connectivity index (χ1) is 8.15. The smallest absolute Gasteiger partial charge is 0.159 e. The van der Waals surface area contributed by atoms with Crippen LogP contribution in [0.3, 0.4) is 0 Å².